The molecule has 0 atom stereocenters. The second kappa shape index (κ2) is 6.61. The second-order valence-corrected chi connectivity index (χ2v) is 8.01. The van der Waals surface area contributed by atoms with Gasteiger partial charge in [0.25, 0.3) is 5.91 Å². The van der Waals surface area contributed by atoms with Crippen molar-refractivity contribution in [3.63, 3.8) is 0 Å². The lowest BCUT2D eigenvalue weighted by Crippen LogP contribution is -2.10. The number of halogens is 1. The van der Waals surface area contributed by atoms with Crippen molar-refractivity contribution in [2.45, 2.75) is 6.92 Å². The maximum atomic E-state index is 12.8. The average molecular weight is 424 g/mol. The zero-order chi connectivity index (χ0) is 20.1. The molecule has 1 amide bonds. The summed E-state index contributed by atoms with van der Waals surface area (Å²) < 4.78 is 1.77. The molecule has 0 bridgehead atoms. The van der Waals surface area contributed by atoms with Crippen LogP contribution in [0.3, 0.4) is 0 Å². The molecular formula is C20H14ClN5O2S. The van der Waals surface area contributed by atoms with Crippen LogP contribution in [0.25, 0.3) is 26.9 Å². The van der Waals surface area contributed by atoms with Crippen LogP contribution in [0.5, 0.6) is 0 Å². The van der Waals surface area contributed by atoms with Gasteiger partial charge in [-0.1, -0.05) is 23.7 Å². The highest BCUT2D eigenvalue weighted by Gasteiger charge is 2.18. The standard InChI is InChI=1S/C20H14ClN5O2S/c1-10-12-9-17(29-19(12)26(25-10)16-5-3-2-4-13(16)21)18(27)22-11-6-7-14-15(8-11)24-20(28)23-14/h2-9H,1H3,(H,22,27)(H2,23,24,28). The minimum absolute atomic E-state index is 0.228. The van der Waals surface area contributed by atoms with Gasteiger partial charge in [-0.25, -0.2) is 9.48 Å². The summed E-state index contributed by atoms with van der Waals surface area (Å²) in [6.45, 7) is 1.90. The van der Waals surface area contributed by atoms with Crippen LogP contribution in [0.2, 0.25) is 5.02 Å². The predicted molar refractivity (Wildman–Crippen MR) is 116 cm³/mol. The van der Waals surface area contributed by atoms with E-state index in [1.807, 2.05) is 37.3 Å². The van der Waals surface area contributed by atoms with Crippen molar-refractivity contribution in [3.8, 4) is 5.69 Å². The fourth-order valence-corrected chi connectivity index (χ4v) is 4.54. The molecule has 29 heavy (non-hydrogen) atoms. The molecule has 0 aliphatic carbocycles. The molecule has 5 aromatic rings. The molecule has 9 heteroatoms. The lowest BCUT2D eigenvalue weighted by Gasteiger charge is -2.05. The summed E-state index contributed by atoms with van der Waals surface area (Å²) in [6.07, 6.45) is 0. The molecule has 0 aliphatic rings. The number of anilines is 1. The van der Waals surface area contributed by atoms with Crippen LogP contribution < -0.4 is 11.0 Å². The number of aryl methyl sites for hydroxylation is 1. The number of aromatic nitrogens is 4. The minimum Gasteiger partial charge on any atom is -0.321 e. The SMILES string of the molecule is Cc1nn(-c2ccccc2Cl)c2sc(C(=O)Nc3ccc4[nH]c(=O)[nH]c4c3)cc12. The van der Waals surface area contributed by atoms with E-state index < -0.39 is 0 Å². The third-order valence-corrected chi connectivity index (χ3v) is 6.05. The number of amides is 1. The quantitative estimate of drug-likeness (QED) is 0.399. The van der Waals surface area contributed by atoms with Gasteiger partial charge >= 0.3 is 5.69 Å². The highest BCUT2D eigenvalue weighted by molar-refractivity contribution is 7.20. The first kappa shape index (κ1) is 17.7. The van der Waals surface area contributed by atoms with E-state index in [1.165, 1.54) is 11.3 Å². The van der Waals surface area contributed by atoms with Gasteiger partial charge in [0, 0.05) is 11.1 Å². The summed E-state index contributed by atoms with van der Waals surface area (Å²) in [6, 6.07) is 14.5. The number of nitrogens with zero attached hydrogens (tertiary/aromatic N) is 2. The van der Waals surface area contributed by atoms with Crippen molar-refractivity contribution >= 4 is 55.8 Å². The number of hydrogen-bond acceptors (Lipinski definition) is 4. The molecular weight excluding hydrogens is 410 g/mol. The Kier molecular flexibility index (Phi) is 4.04. The van der Waals surface area contributed by atoms with E-state index in [1.54, 1.807) is 22.9 Å². The summed E-state index contributed by atoms with van der Waals surface area (Å²) in [4.78, 5) is 31.0. The fourth-order valence-electron chi connectivity index (χ4n) is 3.25. The van der Waals surface area contributed by atoms with Crippen molar-refractivity contribution in [1.29, 1.82) is 0 Å². The highest BCUT2D eigenvalue weighted by atomic mass is 35.5. The normalized spacial score (nSPS) is 11.4. The first-order valence-electron chi connectivity index (χ1n) is 8.77. The number of H-pyrrole nitrogens is 2. The number of carbonyl (C=O) groups excluding carboxylic acids is 1. The largest absolute Gasteiger partial charge is 0.323 e. The van der Waals surface area contributed by atoms with E-state index >= 15 is 0 Å². The Bertz CT molecular complexity index is 1460. The van der Waals surface area contributed by atoms with Crippen LogP contribution in [-0.2, 0) is 0 Å². The summed E-state index contributed by atoms with van der Waals surface area (Å²) in [5.74, 6) is -0.228. The molecule has 144 valence electrons. The number of fused-ring (bicyclic) bond motifs is 2. The van der Waals surface area contributed by atoms with E-state index in [-0.39, 0.29) is 11.6 Å². The Hall–Kier alpha value is -3.36. The summed E-state index contributed by atoms with van der Waals surface area (Å²) in [7, 11) is 0. The van der Waals surface area contributed by atoms with Crippen molar-refractivity contribution in [2.75, 3.05) is 5.32 Å². The molecule has 7 nitrogen and oxygen atoms in total. The van der Waals surface area contributed by atoms with Crippen molar-refractivity contribution < 1.29 is 4.79 Å². The molecule has 3 heterocycles. The van der Waals surface area contributed by atoms with Crippen LogP contribution in [0, 0.1) is 6.92 Å². The monoisotopic (exact) mass is 423 g/mol. The number of nitrogens with one attached hydrogen (secondary N) is 3. The fraction of sp³-hybridized carbons (Fsp3) is 0.0500. The topological polar surface area (TPSA) is 95.6 Å². The molecule has 5 rings (SSSR count). The Labute approximate surface area is 172 Å². The van der Waals surface area contributed by atoms with Gasteiger partial charge in [0.2, 0.25) is 0 Å². The number of imidazole rings is 1. The number of aromatic amines is 2. The van der Waals surface area contributed by atoms with Crippen LogP contribution in [-0.4, -0.2) is 25.7 Å². The number of benzene rings is 2. The summed E-state index contributed by atoms with van der Waals surface area (Å²) >= 11 is 7.68. The minimum atomic E-state index is -0.285. The third-order valence-electron chi connectivity index (χ3n) is 4.62. The molecule has 0 saturated carbocycles. The molecule has 0 spiro atoms. The Morgan fingerprint density at radius 3 is 2.76 bits per heavy atom. The number of thiophene rings is 1. The molecule has 0 fully saturated rings. The van der Waals surface area contributed by atoms with Gasteiger partial charge < -0.3 is 15.3 Å². The van der Waals surface area contributed by atoms with Crippen LogP contribution in [0.15, 0.2) is 53.3 Å². The highest BCUT2D eigenvalue weighted by Crippen LogP contribution is 2.32. The number of para-hydroxylation sites is 1. The van der Waals surface area contributed by atoms with Crippen molar-refractivity contribution in [1.82, 2.24) is 19.7 Å². The van der Waals surface area contributed by atoms with E-state index in [0.717, 1.165) is 21.6 Å². The Morgan fingerprint density at radius 2 is 1.93 bits per heavy atom. The van der Waals surface area contributed by atoms with Gasteiger partial charge in [-0.05, 0) is 43.3 Å². The van der Waals surface area contributed by atoms with Crippen LogP contribution in [0.1, 0.15) is 15.4 Å². The molecule has 3 N–H and O–H groups in total. The zero-order valence-corrected chi connectivity index (χ0v) is 16.7. The average Bonchev–Trinajstić information content (AvgIpc) is 3.36. The molecule has 3 aromatic heterocycles. The Morgan fingerprint density at radius 1 is 1.14 bits per heavy atom. The molecule has 0 unspecified atom stereocenters. The lowest BCUT2D eigenvalue weighted by molar-refractivity contribution is 0.103. The number of carbonyl (C=O) groups is 1. The van der Waals surface area contributed by atoms with E-state index in [4.69, 9.17) is 11.6 Å². The molecule has 0 aliphatic heterocycles. The van der Waals surface area contributed by atoms with Crippen molar-refractivity contribution in [3.05, 3.63) is 74.6 Å². The van der Waals surface area contributed by atoms with Gasteiger partial charge in [-0.2, -0.15) is 5.10 Å². The Balaban J connectivity index is 1.51. The lowest BCUT2D eigenvalue weighted by atomic mass is 10.2. The van der Waals surface area contributed by atoms with Gasteiger partial charge in [-0.15, -0.1) is 11.3 Å². The maximum absolute atomic E-state index is 12.8. The molecule has 0 radical (unpaired) electrons. The maximum Gasteiger partial charge on any atom is 0.323 e. The number of rotatable bonds is 3. The van der Waals surface area contributed by atoms with Gasteiger partial charge in [0.15, 0.2) is 0 Å². The second-order valence-electron chi connectivity index (χ2n) is 6.57. The van der Waals surface area contributed by atoms with Gasteiger partial charge in [-0.3, -0.25) is 4.79 Å². The van der Waals surface area contributed by atoms with E-state index in [2.05, 4.69) is 20.4 Å². The number of hydrogen-bond donors (Lipinski definition) is 3. The first-order chi connectivity index (χ1) is 14.0. The van der Waals surface area contributed by atoms with Gasteiger partial charge in [0.05, 0.1) is 32.3 Å². The van der Waals surface area contributed by atoms with E-state index in [0.29, 0.717) is 26.6 Å². The zero-order valence-electron chi connectivity index (χ0n) is 15.1. The summed E-state index contributed by atoms with van der Waals surface area (Å²) in [5.41, 5.74) is 3.22. The summed E-state index contributed by atoms with van der Waals surface area (Å²) in [5, 5.41) is 8.95. The first-order valence-corrected chi connectivity index (χ1v) is 9.96. The van der Waals surface area contributed by atoms with E-state index in [9.17, 15) is 9.59 Å². The molecule has 2 aromatic carbocycles. The van der Waals surface area contributed by atoms with Crippen LogP contribution >= 0.6 is 22.9 Å². The predicted octanol–water partition coefficient (Wildman–Crippen LogP) is 4.47. The van der Waals surface area contributed by atoms with Crippen LogP contribution in [0.4, 0.5) is 5.69 Å². The smallest absolute Gasteiger partial charge is 0.321 e. The van der Waals surface area contributed by atoms with Gasteiger partial charge in [0.1, 0.15) is 4.83 Å². The molecule has 0 saturated heterocycles. The van der Waals surface area contributed by atoms with Crippen molar-refractivity contribution in [2.24, 2.45) is 0 Å². The third kappa shape index (κ3) is 3.02.